The lowest BCUT2D eigenvalue weighted by Crippen LogP contribution is -2.30. The molecule has 0 aliphatic carbocycles. The van der Waals surface area contributed by atoms with E-state index in [2.05, 4.69) is 0 Å². The first-order valence-electron chi connectivity index (χ1n) is 10.9. The van der Waals surface area contributed by atoms with Gasteiger partial charge < -0.3 is 9.47 Å². The summed E-state index contributed by atoms with van der Waals surface area (Å²) in [5, 5.41) is 1.13. The molecule has 2 aliphatic rings. The first kappa shape index (κ1) is 21.8. The van der Waals surface area contributed by atoms with Crippen molar-refractivity contribution in [3.8, 4) is 0 Å². The second-order valence-electron chi connectivity index (χ2n) is 8.18. The van der Waals surface area contributed by atoms with Gasteiger partial charge in [0.15, 0.2) is 0 Å². The summed E-state index contributed by atoms with van der Waals surface area (Å²) in [6.45, 7) is 2.00. The number of fused-ring (bicyclic) bond motifs is 1. The van der Waals surface area contributed by atoms with Crippen LogP contribution in [-0.4, -0.2) is 44.5 Å². The van der Waals surface area contributed by atoms with Crippen LogP contribution in [-0.2, 0) is 22.7 Å². The van der Waals surface area contributed by atoms with Gasteiger partial charge in [-0.25, -0.2) is 0 Å². The quantitative estimate of drug-likeness (QED) is 0.474. The molecule has 0 bridgehead atoms. The van der Waals surface area contributed by atoms with Crippen molar-refractivity contribution in [1.29, 1.82) is 0 Å². The van der Waals surface area contributed by atoms with E-state index in [0.29, 0.717) is 9.93 Å². The fourth-order valence-electron chi connectivity index (χ4n) is 4.31. The minimum Gasteiger partial charge on any atom is -0.341 e. The lowest BCUT2D eigenvalue weighted by Gasteiger charge is -2.15. The average Bonchev–Trinajstić information content (AvgIpc) is 3.52. The van der Waals surface area contributed by atoms with Crippen LogP contribution < -0.4 is 0 Å². The number of carbonyl (C=O) groups is 3. The predicted octanol–water partition coefficient (Wildman–Crippen LogP) is 5.15. The molecule has 0 saturated carbocycles. The number of imide groups is 1. The number of benzene rings is 2. The van der Waals surface area contributed by atoms with Gasteiger partial charge in [0.2, 0.25) is 5.91 Å². The highest BCUT2D eigenvalue weighted by Crippen LogP contribution is 2.35. The second-order valence-corrected chi connectivity index (χ2v) is 9.58. The predicted molar refractivity (Wildman–Crippen MR) is 131 cm³/mol. The fourth-order valence-corrected chi connectivity index (χ4v) is 5.33. The van der Waals surface area contributed by atoms with Crippen LogP contribution in [0.4, 0.5) is 4.79 Å². The number of aromatic nitrogens is 1. The van der Waals surface area contributed by atoms with Crippen LogP contribution in [0.2, 0.25) is 5.02 Å². The van der Waals surface area contributed by atoms with Gasteiger partial charge in [0.1, 0.15) is 6.54 Å². The summed E-state index contributed by atoms with van der Waals surface area (Å²) < 4.78 is 1.93. The van der Waals surface area contributed by atoms with E-state index >= 15 is 0 Å². The molecule has 6 nitrogen and oxygen atoms in total. The molecule has 2 saturated heterocycles. The molecule has 0 atom stereocenters. The van der Waals surface area contributed by atoms with E-state index in [1.165, 1.54) is 4.90 Å². The molecule has 168 valence electrons. The average molecular weight is 480 g/mol. The molecule has 3 amide bonds. The zero-order valence-corrected chi connectivity index (χ0v) is 19.4. The van der Waals surface area contributed by atoms with Crippen LogP contribution >= 0.6 is 23.4 Å². The Bertz CT molecular complexity index is 1290. The normalized spacial score (nSPS) is 17.7. The van der Waals surface area contributed by atoms with Gasteiger partial charge in [-0.3, -0.25) is 19.3 Å². The van der Waals surface area contributed by atoms with Crippen LogP contribution in [0.25, 0.3) is 17.0 Å². The molecule has 5 rings (SSSR count). The van der Waals surface area contributed by atoms with Crippen LogP contribution in [0.5, 0.6) is 0 Å². The molecule has 1 aromatic heterocycles. The topological polar surface area (TPSA) is 62.6 Å². The molecule has 0 radical (unpaired) electrons. The fraction of sp³-hybridized carbons (Fsp3) is 0.240. The smallest absolute Gasteiger partial charge is 0.293 e. The zero-order chi connectivity index (χ0) is 22.9. The number of likely N-dealkylation sites (tertiary alicyclic amines) is 1. The highest BCUT2D eigenvalue weighted by Gasteiger charge is 2.35. The Hall–Kier alpha value is -3.03. The standard InChI is InChI=1S/C25H22ClN3O3S/c26-20-9-3-1-7-17(20)15-29-24(31)22(33-25(29)32)13-18-14-28(21-10-4-2-8-19(18)21)16-23(30)27-11-5-6-12-27/h1-4,7-10,13-14H,5-6,11-12,15-16H2/b22-13-. The number of nitrogens with zero attached hydrogens (tertiary/aromatic N) is 3. The molecule has 2 fully saturated rings. The molecule has 0 N–H and O–H groups in total. The van der Waals surface area contributed by atoms with E-state index in [9.17, 15) is 14.4 Å². The van der Waals surface area contributed by atoms with Crippen LogP contribution in [0.1, 0.15) is 24.0 Å². The maximum Gasteiger partial charge on any atom is 0.293 e. The summed E-state index contributed by atoms with van der Waals surface area (Å²) >= 11 is 7.14. The van der Waals surface area contributed by atoms with Crippen LogP contribution in [0.15, 0.2) is 59.6 Å². The molecule has 2 aromatic carbocycles. The zero-order valence-electron chi connectivity index (χ0n) is 17.9. The summed E-state index contributed by atoms with van der Waals surface area (Å²) in [6, 6.07) is 15.0. The highest BCUT2D eigenvalue weighted by atomic mass is 35.5. The number of hydrogen-bond acceptors (Lipinski definition) is 4. The first-order valence-corrected chi connectivity index (χ1v) is 12.0. The molecule has 8 heteroatoms. The Morgan fingerprint density at radius 2 is 1.76 bits per heavy atom. The molecular formula is C25H22ClN3O3S. The Morgan fingerprint density at radius 1 is 1.03 bits per heavy atom. The van der Waals surface area contributed by atoms with Crippen molar-refractivity contribution in [3.05, 3.63) is 75.8 Å². The second kappa shape index (κ2) is 9.08. The number of rotatable bonds is 5. The third-order valence-electron chi connectivity index (χ3n) is 6.03. The summed E-state index contributed by atoms with van der Waals surface area (Å²) in [5.41, 5.74) is 2.45. The van der Waals surface area contributed by atoms with Crippen LogP contribution in [0, 0.1) is 0 Å². The lowest BCUT2D eigenvalue weighted by molar-refractivity contribution is -0.130. The maximum atomic E-state index is 13.0. The van der Waals surface area contributed by atoms with E-state index in [1.54, 1.807) is 18.2 Å². The largest absolute Gasteiger partial charge is 0.341 e. The van der Waals surface area contributed by atoms with E-state index in [4.69, 9.17) is 11.6 Å². The highest BCUT2D eigenvalue weighted by molar-refractivity contribution is 8.18. The van der Waals surface area contributed by atoms with Gasteiger partial charge in [0, 0.05) is 40.8 Å². The van der Waals surface area contributed by atoms with Crippen molar-refractivity contribution in [2.24, 2.45) is 0 Å². The van der Waals surface area contributed by atoms with Gasteiger partial charge in [-0.05, 0) is 48.4 Å². The number of halogens is 1. The van der Waals surface area contributed by atoms with Gasteiger partial charge in [-0.1, -0.05) is 48.0 Å². The van der Waals surface area contributed by atoms with Gasteiger partial charge in [-0.15, -0.1) is 0 Å². The summed E-state index contributed by atoms with van der Waals surface area (Å²) in [4.78, 5) is 41.8. The molecule has 3 heterocycles. The van der Waals surface area contributed by atoms with Crippen molar-refractivity contribution < 1.29 is 14.4 Å². The summed E-state index contributed by atoms with van der Waals surface area (Å²) in [6.07, 6.45) is 5.73. The van der Waals surface area contributed by atoms with Crippen molar-refractivity contribution in [2.45, 2.75) is 25.9 Å². The van der Waals surface area contributed by atoms with Gasteiger partial charge >= 0.3 is 0 Å². The van der Waals surface area contributed by atoms with E-state index < -0.39 is 0 Å². The Kier molecular flexibility index (Phi) is 6.00. The van der Waals surface area contributed by atoms with E-state index in [0.717, 1.165) is 59.7 Å². The van der Waals surface area contributed by atoms with Crippen molar-refractivity contribution in [2.75, 3.05) is 13.1 Å². The molecule has 33 heavy (non-hydrogen) atoms. The molecular weight excluding hydrogens is 458 g/mol. The van der Waals surface area contributed by atoms with E-state index in [-0.39, 0.29) is 30.1 Å². The lowest BCUT2D eigenvalue weighted by atomic mass is 10.1. The monoisotopic (exact) mass is 479 g/mol. The third-order valence-corrected chi connectivity index (χ3v) is 7.31. The Balaban J connectivity index is 1.43. The molecule has 2 aliphatic heterocycles. The third kappa shape index (κ3) is 4.30. The van der Waals surface area contributed by atoms with Gasteiger partial charge in [0.05, 0.1) is 11.4 Å². The van der Waals surface area contributed by atoms with Crippen molar-refractivity contribution >= 4 is 57.4 Å². The summed E-state index contributed by atoms with van der Waals surface area (Å²) in [7, 11) is 0. The van der Waals surface area contributed by atoms with Gasteiger partial charge in [-0.2, -0.15) is 0 Å². The Labute approximate surface area is 200 Å². The molecule has 0 spiro atoms. The number of amides is 3. The number of para-hydroxylation sites is 1. The van der Waals surface area contributed by atoms with Crippen LogP contribution in [0.3, 0.4) is 0 Å². The minimum absolute atomic E-state index is 0.0971. The molecule has 3 aromatic rings. The Morgan fingerprint density at radius 3 is 2.55 bits per heavy atom. The minimum atomic E-state index is -0.338. The molecule has 0 unspecified atom stereocenters. The van der Waals surface area contributed by atoms with Crippen molar-refractivity contribution in [1.82, 2.24) is 14.4 Å². The number of hydrogen-bond donors (Lipinski definition) is 0. The number of carbonyl (C=O) groups excluding carboxylic acids is 3. The summed E-state index contributed by atoms with van der Waals surface area (Å²) in [5.74, 6) is -0.241. The maximum absolute atomic E-state index is 13.0. The number of thioether (sulfide) groups is 1. The van der Waals surface area contributed by atoms with Gasteiger partial charge in [0.25, 0.3) is 11.1 Å². The first-order chi connectivity index (χ1) is 16.0. The van der Waals surface area contributed by atoms with E-state index in [1.807, 2.05) is 52.1 Å². The SMILES string of the molecule is O=C(Cn1cc(/C=C2\SC(=O)N(Cc3ccccc3Cl)C2=O)c2ccccc21)N1CCCC1. The van der Waals surface area contributed by atoms with Crippen molar-refractivity contribution in [3.63, 3.8) is 0 Å².